The summed E-state index contributed by atoms with van der Waals surface area (Å²) in [5.74, 6) is -2.74. The van der Waals surface area contributed by atoms with Gasteiger partial charge in [-0.15, -0.1) is 6.58 Å². The SMILES string of the molecule is C=CCc1ccccc1OCCOCCNCCN.O=C(O)C(=O)O. The van der Waals surface area contributed by atoms with E-state index in [1.165, 1.54) is 0 Å². The van der Waals surface area contributed by atoms with Crippen molar-refractivity contribution in [2.75, 3.05) is 39.5 Å². The van der Waals surface area contributed by atoms with Crippen molar-refractivity contribution in [3.05, 3.63) is 42.5 Å². The summed E-state index contributed by atoms with van der Waals surface area (Å²) in [6, 6.07) is 8.00. The Bertz CT molecular complexity index is 510. The molecule has 0 spiro atoms. The summed E-state index contributed by atoms with van der Waals surface area (Å²) in [5, 5.41) is 18.0. The summed E-state index contributed by atoms with van der Waals surface area (Å²) in [7, 11) is 0. The van der Waals surface area contributed by atoms with Crippen molar-refractivity contribution in [3.63, 3.8) is 0 Å². The van der Waals surface area contributed by atoms with Crippen LogP contribution in [-0.4, -0.2) is 61.6 Å². The number of rotatable bonds is 11. The van der Waals surface area contributed by atoms with Gasteiger partial charge in [0, 0.05) is 19.6 Å². The molecule has 1 aromatic carbocycles. The topological polar surface area (TPSA) is 131 Å². The number of hydrogen-bond acceptors (Lipinski definition) is 6. The molecular formula is C17H26N2O6. The van der Waals surface area contributed by atoms with Crippen LogP contribution in [0, 0.1) is 0 Å². The maximum atomic E-state index is 9.10. The first-order valence-electron chi connectivity index (χ1n) is 7.79. The zero-order chi connectivity index (χ0) is 18.9. The number of benzene rings is 1. The lowest BCUT2D eigenvalue weighted by Crippen LogP contribution is -2.26. The molecule has 0 amide bonds. The maximum Gasteiger partial charge on any atom is 0.414 e. The Morgan fingerprint density at radius 1 is 1.12 bits per heavy atom. The molecule has 5 N–H and O–H groups in total. The van der Waals surface area contributed by atoms with Gasteiger partial charge < -0.3 is 30.7 Å². The van der Waals surface area contributed by atoms with Crippen LogP contribution in [0.5, 0.6) is 5.75 Å². The van der Waals surface area contributed by atoms with E-state index in [1.54, 1.807) is 0 Å². The van der Waals surface area contributed by atoms with Crippen molar-refractivity contribution in [1.82, 2.24) is 5.32 Å². The molecule has 8 heteroatoms. The molecule has 0 bridgehead atoms. The summed E-state index contributed by atoms with van der Waals surface area (Å²) in [4.78, 5) is 18.2. The predicted molar refractivity (Wildman–Crippen MR) is 93.9 cm³/mol. The second-order valence-electron chi connectivity index (χ2n) is 4.71. The van der Waals surface area contributed by atoms with Crippen LogP contribution in [0.1, 0.15) is 5.56 Å². The highest BCUT2D eigenvalue weighted by Gasteiger charge is 2.04. The van der Waals surface area contributed by atoms with Gasteiger partial charge in [-0.3, -0.25) is 0 Å². The highest BCUT2D eigenvalue weighted by Crippen LogP contribution is 2.18. The quantitative estimate of drug-likeness (QED) is 0.257. The van der Waals surface area contributed by atoms with Crippen LogP contribution in [0.2, 0.25) is 0 Å². The number of carbonyl (C=O) groups is 2. The van der Waals surface area contributed by atoms with Crippen LogP contribution in [0.15, 0.2) is 36.9 Å². The van der Waals surface area contributed by atoms with Gasteiger partial charge in [0.2, 0.25) is 0 Å². The highest BCUT2D eigenvalue weighted by molar-refractivity contribution is 6.27. The summed E-state index contributed by atoms with van der Waals surface area (Å²) >= 11 is 0. The largest absolute Gasteiger partial charge is 0.491 e. The minimum atomic E-state index is -1.82. The molecule has 0 aliphatic heterocycles. The standard InChI is InChI=1S/C15H24N2O2.C2H2O4/c1-2-5-14-6-3-4-7-15(14)19-13-12-18-11-10-17-9-8-16;3-1(4)2(5)6/h2-4,6-7,17H,1,5,8-13,16H2;(H,3,4)(H,5,6). The number of para-hydroxylation sites is 1. The van der Waals surface area contributed by atoms with Gasteiger partial charge in [0.1, 0.15) is 12.4 Å². The minimum Gasteiger partial charge on any atom is -0.491 e. The molecule has 0 radical (unpaired) electrons. The van der Waals surface area contributed by atoms with Gasteiger partial charge in [0.25, 0.3) is 0 Å². The van der Waals surface area contributed by atoms with Gasteiger partial charge in [-0.05, 0) is 18.1 Å². The fourth-order valence-corrected chi connectivity index (χ4v) is 1.65. The lowest BCUT2D eigenvalue weighted by atomic mass is 10.1. The number of ether oxygens (including phenoxy) is 2. The molecule has 0 aliphatic carbocycles. The normalized spacial score (nSPS) is 9.64. The summed E-state index contributed by atoms with van der Waals surface area (Å²) in [5.41, 5.74) is 6.52. The molecule has 0 aliphatic rings. The second-order valence-corrected chi connectivity index (χ2v) is 4.71. The van der Waals surface area contributed by atoms with Crippen molar-refractivity contribution in [3.8, 4) is 5.75 Å². The minimum absolute atomic E-state index is 0.561. The van der Waals surface area contributed by atoms with Crippen molar-refractivity contribution < 1.29 is 29.3 Å². The third-order valence-electron chi connectivity index (χ3n) is 2.75. The molecule has 0 saturated carbocycles. The average molecular weight is 354 g/mol. The van der Waals surface area contributed by atoms with Gasteiger partial charge in [-0.2, -0.15) is 0 Å². The van der Waals surface area contributed by atoms with Crippen LogP contribution >= 0.6 is 0 Å². The Kier molecular flexibility index (Phi) is 13.7. The lowest BCUT2D eigenvalue weighted by Gasteiger charge is -2.10. The number of nitrogens with two attached hydrogens (primary N) is 1. The van der Waals surface area contributed by atoms with E-state index in [2.05, 4.69) is 18.0 Å². The van der Waals surface area contributed by atoms with Crippen LogP contribution in [0.4, 0.5) is 0 Å². The molecule has 0 aromatic heterocycles. The number of hydrogen-bond donors (Lipinski definition) is 4. The van der Waals surface area contributed by atoms with Crippen LogP contribution in [0.3, 0.4) is 0 Å². The molecule has 140 valence electrons. The first-order chi connectivity index (χ1) is 12.0. The van der Waals surface area contributed by atoms with Crippen LogP contribution in [0.25, 0.3) is 0 Å². The monoisotopic (exact) mass is 354 g/mol. The third kappa shape index (κ3) is 12.6. The number of carboxylic acids is 2. The van der Waals surface area contributed by atoms with E-state index in [4.69, 9.17) is 35.0 Å². The average Bonchev–Trinajstić information content (AvgIpc) is 2.59. The smallest absolute Gasteiger partial charge is 0.414 e. The number of allylic oxidation sites excluding steroid dienone is 1. The molecule has 0 fully saturated rings. The van der Waals surface area contributed by atoms with E-state index in [0.717, 1.165) is 30.8 Å². The summed E-state index contributed by atoms with van der Waals surface area (Å²) < 4.78 is 11.2. The third-order valence-corrected chi connectivity index (χ3v) is 2.75. The van der Waals surface area contributed by atoms with Crippen molar-refractivity contribution >= 4 is 11.9 Å². The van der Waals surface area contributed by atoms with E-state index in [9.17, 15) is 0 Å². The summed E-state index contributed by atoms with van der Waals surface area (Å²) in [6.07, 6.45) is 2.70. The predicted octanol–water partition coefficient (Wildman–Crippen LogP) is 0.514. The van der Waals surface area contributed by atoms with E-state index >= 15 is 0 Å². The van der Waals surface area contributed by atoms with Crippen molar-refractivity contribution in [2.45, 2.75) is 6.42 Å². The zero-order valence-corrected chi connectivity index (χ0v) is 14.1. The van der Waals surface area contributed by atoms with Gasteiger partial charge in [0.05, 0.1) is 13.2 Å². The van der Waals surface area contributed by atoms with Gasteiger partial charge in [-0.1, -0.05) is 24.3 Å². The van der Waals surface area contributed by atoms with Gasteiger partial charge in [-0.25, -0.2) is 9.59 Å². The first-order valence-corrected chi connectivity index (χ1v) is 7.79. The van der Waals surface area contributed by atoms with E-state index in [0.29, 0.717) is 26.4 Å². The molecule has 1 aromatic rings. The Morgan fingerprint density at radius 2 is 1.80 bits per heavy atom. The van der Waals surface area contributed by atoms with E-state index < -0.39 is 11.9 Å². The molecule has 0 saturated heterocycles. The number of aliphatic carboxylic acids is 2. The lowest BCUT2D eigenvalue weighted by molar-refractivity contribution is -0.159. The van der Waals surface area contributed by atoms with E-state index in [-0.39, 0.29) is 0 Å². The Morgan fingerprint density at radius 3 is 2.40 bits per heavy atom. The Labute approximate surface area is 147 Å². The maximum absolute atomic E-state index is 9.10. The zero-order valence-electron chi connectivity index (χ0n) is 14.1. The molecule has 0 atom stereocenters. The molecule has 25 heavy (non-hydrogen) atoms. The van der Waals surface area contributed by atoms with Gasteiger partial charge >= 0.3 is 11.9 Å². The van der Waals surface area contributed by atoms with Gasteiger partial charge in [0.15, 0.2) is 0 Å². The van der Waals surface area contributed by atoms with Crippen molar-refractivity contribution in [2.24, 2.45) is 5.73 Å². The fourth-order valence-electron chi connectivity index (χ4n) is 1.65. The number of carboxylic acid groups (broad SMARTS) is 2. The second kappa shape index (κ2) is 15.1. The van der Waals surface area contributed by atoms with Crippen molar-refractivity contribution in [1.29, 1.82) is 0 Å². The Balaban J connectivity index is 0.000000823. The summed E-state index contributed by atoms with van der Waals surface area (Å²) in [6.45, 7) is 7.88. The number of nitrogens with one attached hydrogen (secondary N) is 1. The van der Waals surface area contributed by atoms with E-state index in [1.807, 2.05) is 24.3 Å². The van der Waals surface area contributed by atoms with Crippen LogP contribution < -0.4 is 15.8 Å². The molecule has 0 unspecified atom stereocenters. The fraction of sp³-hybridized carbons (Fsp3) is 0.412. The molecule has 8 nitrogen and oxygen atoms in total. The Hall–Kier alpha value is -2.42. The molecule has 1 rings (SSSR count). The highest BCUT2D eigenvalue weighted by atomic mass is 16.5. The first kappa shape index (κ1) is 22.6. The van der Waals surface area contributed by atoms with Crippen LogP contribution in [-0.2, 0) is 20.7 Å². The molecule has 0 heterocycles. The molecular weight excluding hydrogens is 328 g/mol.